The standard InChI is InChI=1S/C32H43N3O3S/c1-5-32(6-2)19-29(36)35(30(33)34-32)26-17-27(38-4)23-15-14-20(16-24(23)26)28(39)13-9-12-25-22-11-8-7-10-21(22)18-31(25,3)37/h7-8,10-11,14-16,25-27,29,36-37H,5-6,9,12-13,17-19H2,1-4H3,(H2,33,34)/t25-,26-,27-,29?,31-/m1/s1. The zero-order valence-corrected chi connectivity index (χ0v) is 24.5. The summed E-state index contributed by atoms with van der Waals surface area (Å²) in [4.78, 5) is 7.69. The van der Waals surface area contributed by atoms with E-state index in [1.54, 1.807) is 7.11 Å². The van der Waals surface area contributed by atoms with Crippen molar-refractivity contribution in [1.82, 2.24) is 4.90 Å². The molecular weight excluding hydrogens is 506 g/mol. The van der Waals surface area contributed by atoms with Crippen molar-refractivity contribution >= 4 is 23.0 Å². The van der Waals surface area contributed by atoms with Gasteiger partial charge in [0.1, 0.15) is 6.23 Å². The summed E-state index contributed by atoms with van der Waals surface area (Å²) in [5.74, 6) is 0.534. The molecule has 5 rings (SSSR count). The zero-order chi connectivity index (χ0) is 27.9. The van der Waals surface area contributed by atoms with Crippen molar-refractivity contribution in [3.8, 4) is 0 Å². The molecule has 1 heterocycles. The Morgan fingerprint density at radius 3 is 2.59 bits per heavy atom. The minimum atomic E-state index is -0.717. The fourth-order valence-corrected chi connectivity index (χ4v) is 7.50. The lowest BCUT2D eigenvalue weighted by Crippen LogP contribution is -2.54. The number of nitrogens with zero attached hydrogens (tertiary/aromatic N) is 2. The average molecular weight is 550 g/mol. The largest absolute Gasteiger partial charge is 0.389 e. The number of benzene rings is 2. The van der Waals surface area contributed by atoms with Gasteiger partial charge in [-0.1, -0.05) is 62.5 Å². The summed E-state index contributed by atoms with van der Waals surface area (Å²) in [6.07, 6.45) is 5.49. The number of hydrogen-bond acceptors (Lipinski definition) is 7. The van der Waals surface area contributed by atoms with E-state index >= 15 is 0 Å². The van der Waals surface area contributed by atoms with Crippen molar-refractivity contribution in [3.05, 3.63) is 70.3 Å². The Labute approximate surface area is 238 Å². The van der Waals surface area contributed by atoms with Crippen LogP contribution in [-0.4, -0.2) is 50.4 Å². The number of ether oxygens (including phenoxy) is 1. The van der Waals surface area contributed by atoms with Crippen LogP contribution in [0.15, 0.2) is 47.5 Å². The Balaban J connectivity index is 1.33. The van der Waals surface area contributed by atoms with Gasteiger partial charge in [0, 0.05) is 37.2 Å². The number of fused-ring (bicyclic) bond motifs is 2. The molecule has 0 spiro atoms. The third-order valence-corrected chi connectivity index (χ3v) is 10.1. The second kappa shape index (κ2) is 10.9. The van der Waals surface area contributed by atoms with Crippen LogP contribution in [0.5, 0.6) is 0 Å². The lowest BCUT2D eigenvalue weighted by Gasteiger charge is -2.44. The first kappa shape index (κ1) is 28.2. The number of guanidine groups is 1. The van der Waals surface area contributed by atoms with E-state index in [1.165, 1.54) is 11.1 Å². The first-order valence-electron chi connectivity index (χ1n) is 14.4. The molecule has 0 radical (unpaired) electrons. The third kappa shape index (κ3) is 5.15. The monoisotopic (exact) mass is 549 g/mol. The van der Waals surface area contributed by atoms with Crippen molar-refractivity contribution in [2.75, 3.05) is 7.11 Å². The molecule has 3 aliphatic rings. The number of hydrogen-bond donors (Lipinski definition) is 3. The molecule has 1 unspecified atom stereocenters. The highest BCUT2D eigenvalue weighted by molar-refractivity contribution is 7.80. The second-order valence-electron chi connectivity index (χ2n) is 11.9. The lowest BCUT2D eigenvalue weighted by molar-refractivity contribution is -0.0195. The van der Waals surface area contributed by atoms with Gasteiger partial charge in [0.05, 0.1) is 23.3 Å². The van der Waals surface area contributed by atoms with Gasteiger partial charge in [-0.25, -0.2) is 4.99 Å². The molecule has 0 aromatic heterocycles. The van der Waals surface area contributed by atoms with Crippen LogP contribution in [0, 0.1) is 0 Å². The molecular formula is C32H43N3O3S. The molecule has 0 saturated carbocycles. The quantitative estimate of drug-likeness (QED) is 0.275. The first-order valence-corrected chi connectivity index (χ1v) is 14.9. The Hall–Kier alpha value is -2.32. The normalized spacial score (nSPS) is 29.2. The van der Waals surface area contributed by atoms with Crippen LogP contribution in [0.1, 0.15) is 112 Å². The number of thiocarbonyl (C=S) groups is 1. The lowest BCUT2D eigenvalue weighted by atomic mass is 9.85. The molecule has 39 heavy (non-hydrogen) atoms. The van der Waals surface area contributed by atoms with Gasteiger partial charge in [-0.05, 0) is 72.9 Å². The van der Waals surface area contributed by atoms with Gasteiger partial charge in [-0.3, -0.25) is 0 Å². The van der Waals surface area contributed by atoms with Crippen LogP contribution < -0.4 is 5.73 Å². The minimum absolute atomic E-state index is 0.0682. The molecule has 2 aromatic carbocycles. The van der Waals surface area contributed by atoms with Crippen LogP contribution in [0.2, 0.25) is 0 Å². The summed E-state index contributed by atoms with van der Waals surface area (Å²) in [6, 6.07) is 14.7. The van der Waals surface area contributed by atoms with Crippen LogP contribution in [0.25, 0.3) is 0 Å². The van der Waals surface area contributed by atoms with Gasteiger partial charge in [-0.15, -0.1) is 0 Å². The molecule has 4 N–H and O–H groups in total. The summed E-state index contributed by atoms with van der Waals surface area (Å²) < 4.78 is 5.84. The fourth-order valence-electron chi connectivity index (χ4n) is 7.23. The maximum Gasteiger partial charge on any atom is 0.194 e. The van der Waals surface area contributed by atoms with Gasteiger partial charge in [0.2, 0.25) is 0 Å². The van der Waals surface area contributed by atoms with Crippen LogP contribution in [0.3, 0.4) is 0 Å². The van der Waals surface area contributed by atoms with E-state index in [0.717, 1.165) is 53.7 Å². The molecule has 6 nitrogen and oxygen atoms in total. The Morgan fingerprint density at radius 1 is 1.15 bits per heavy atom. The van der Waals surface area contributed by atoms with Crippen molar-refractivity contribution in [2.45, 2.75) is 108 Å². The Morgan fingerprint density at radius 2 is 1.90 bits per heavy atom. The predicted molar refractivity (Wildman–Crippen MR) is 160 cm³/mol. The van der Waals surface area contributed by atoms with Crippen LogP contribution in [0.4, 0.5) is 0 Å². The van der Waals surface area contributed by atoms with Crippen molar-refractivity contribution in [1.29, 1.82) is 0 Å². The topological polar surface area (TPSA) is 91.3 Å². The predicted octanol–water partition coefficient (Wildman–Crippen LogP) is 5.70. The molecule has 1 aliphatic heterocycles. The Kier molecular flexibility index (Phi) is 7.90. The third-order valence-electron chi connectivity index (χ3n) is 9.61. The number of aliphatic hydroxyl groups is 2. The van der Waals surface area contributed by atoms with E-state index in [2.05, 4.69) is 50.2 Å². The molecule has 0 saturated heterocycles. The number of nitrogens with two attached hydrogens (primary N) is 1. The van der Waals surface area contributed by atoms with E-state index < -0.39 is 11.8 Å². The molecule has 7 heteroatoms. The summed E-state index contributed by atoms with van der Waals surface area (Å²) in [7, 11) is 1.73. The van der Waals surface area contributed by atoms with Crippen LogP contribution in [-0.2, 0) is 11.2 Å². The van der Waals surface area contributed by atoms with Crippen molar-refractivity contribution in [2.24, 2.45) is 10.7 Å². The molecule has 2 aliphatic carbocycles. The minimum Gasteiger partial charge on any atom is -0.389 e. The van der Waals surface area contributed by atoms with E-state index in [4.69, 9.17) is 27.7 Å². The Bertz CT molecular complexity index is 1250. The van der Waals surface area contributed by atoms with Crippen molar-refractivity contribution in [3.63, 3.8) is 0 Å². The van der Waals surface area contributed by atoms with E-state index in [1.807, 2.05) is 17.9 Å². The molecule has 5 atom stereocenters. The molecule has 0 bridgehead atoms. The highest BCUT2D eigenvalue weighted by atomic mass is 32.1. The van der Waals surface area contributed by atoms with Crippen molar-refractivity contribution < 1.29 is 14.9 Å². The van der Waals surface area contributed by atoms with E-state index in [9.17, 15) is 10.2 Å². The van der Waals surface area contributed by atoms with Gasteiger partial charge in [-0.2, -0.15) is 0 Å². The smallest absolute Gasteiger partial charge is 0.194 e. The maximum absolute atomic E-state index is 11.3. The van der Waals surface area contributed by atoms with Gasteiger partial charge in [0.15, 0.2) is 5.96 Å². The summed E-state index contributed by atoms with van der Waals surface area (Å²) >= 11 is 5.92. The molecule has 2 aromatic rings. The number of rotatable bonds is 9. The number of aliphatic hydroxyl groups excluding tert-OH is 1. The SMILES string of the molecule is CCC1(CC)CC(O)N([C@@H]2C[C@@H](OC)c3ccc(C(=S)CCC[C@@H]4c5ccccc5C[C@@]4(C)O)cc32)C(N)=N1. The molecule has 0 amide bonds. The number of aliphatic imine (C=N–C) groups is 1. The number of methoxy groups -OCH3 is 1. The highest BCUT2D eigenvalue weighted by Crippen LogP contribution is 2.47. The van der Waals surface area contributed by atoms with E-state index in [0.29, 0.717) is 25.2 Å². The molecule has 210 valence electrons. The second-order valence-corrected chi connectivity index (χ2v) is 12.4. The summed E-state index contributed by atoms with van der Waals surface area (Å²) in [6.45, 7) is 6.17. The van der Waals surface area contributed by atoms with E-state index in [-0.39, 0.29) is 23.6 Å². The van der Waals surface area contributed by atoms with Gasteiger partial charge < -0.3 is 25.6 Å². The summed E-state index contributed by atoms with van der Waals surface area (Å²) in [5, 5.41) is 22.4. The van der Waals surface area contributed by atoms with Gasteiger partial charge in [0.25, 0.3) is 0 Å². The molecule has 0 fully saturated rings. The zero-order valence-electron chi connectivity index (χ0n) is 23.7. The first-order chi connectivity index (χ1) is 18.6. The average Bonchev–Trinajstić information content (AvgIpc) is 3.41. The van der Waals surface area contributed by atoms with Gasteiger partial charge >= 0.3 is 0 Å². The van der Waals surface area contributed by atoms with Crippen LogP contribution >= 0.6 is 12.2 Å². The fraction of sp³-hybridized carbons (Fsp3) is 0.562. The summed E-state index contributed by atoms with van der Waals surface area (Å²) in [5.41, 5.74) is 11.3. The highest BCUT2D eigenvalue weighted by Gasteiger charge is 2.44. The maximum atomic E-state index is 11.3.